The second-order valence-electron chi connectivity index (χ2n) is 6.07. The van der Waals surface area contributed by atoms with Gasteiger partial charge in [-0.15, -0.1) is 0 Å². The third-order valence-electron chi connectivity index (χ3n) is 4.53. The molecular weight excluding hydrogens is 318 g/mol. The molecule has 0 aliphatic carbocycles. The van der Waals surface area contributed by atoms with Gasteiger partial charge in [-0.1, -0.05) is 0 Å². The minimum atomic E-state index is -0.774. The van der Waals surface area contributed by atoms with Gasteiger partial charge in [0.05, 0.1) is 18.8 Å². The van der Waals surface area contributed by atoms with Crippen molar-refractivity contribution in [3.8, 4) is 0 Å². The number of amides is 2. The number of carbonyl (C=O) groups is 2. The summed E-state index contributed by atoms with van der Waals surface area (Å²) in [5.41, 5.74) is -0.323. The summed E-state index contributed by atoms with van der Waals surface area (Å²) in [6.07, 6.45) is 2.12. The molecule has 0 bridgehead atoms. The Morgan fingerprint density at radius 1 is 1.08 bits per heavy atom. The van der Waals surface area contributed by atoms with Crippen molar-refractivity contribution in [2.75, 3.05) is 32.8 Å². The number of hydrogen-bond donors (Lipinski definition) is 0. The number of morpholine rings is 1. The zero-order valence-electron chi connectivity index (χ0n) is 13.3. The third-order valence-corrected chi connectivity index (χ3v) is 4.53. The fraction of sp³-hybridized carbons (Fsp3) is 0.529. The highest BCUT2D eigenvalue weighted by Gasteiger charge is 2.36. The van der Waals surface area contributed by atoms with Crippen LogP contribution in [0.4, 0.5) is 8.78 Å². The van der Waals surface area contributed by atoms with Crippen molar-refractivity contribution >= 4 is 11.8 Å². The monoisotopic (exact) mass is 338 g/mol. The van der Waals surface area contributed by atoms with Gasteiger partial charge in [-0.2, -0.15) is 0 Å². The molecule has 0 N–H and O–H groups in total. The number of likely N-dealkylation sites (tertiary alicyclic amines) is 1. The maximum atomic E-state index is 13.9. The van der Waals surface area contributed by atoms with E-state index in [2.05, 4.69) is 0 Å². The zero-order valence-corrected chi connectivity index (χ0v) is 13.3. The van der Waals surface area contributed by atoms with E-state index in [1.165, 1.54) is 4.90 Å². The first-order chi connectivity index (χ1) is 11.6. The van der Waals surface area contributed by atoms with Crippen LogP contribution in [-0.4, -0.2) is 60.5 Å². The van der Waals surface area contributed by atoms with Gasteiger partial charge in [0.25, 0.3) is 5.91 Å². The van der Waals surface area contributed by atoms with Crippen molar-refractivity contribution < 1.29 is 23.1 Å². The van der Waals surface area contributed by atoms with Gasteiger partial charge in [0.1, 0.15) is 17.7 Å². The quantitative estimate of drug-likeness (QED) is 0.826. The molecule has 24 heavy (non-hydrogen) atoms. The average molecular weight is 338 g/mol. The molecule has 7 heteroatoms. The summed E-state index contributed by atoms with van der Waals surface area (Å²) in [6, 6.07) is 2.18. The van der Waals surface area contributed by atoms with E-state index in [0.29, 0.717) is 39.3 Å². The summed E-state index contributed by atoms with van der Waals surface area (Å²) in [6.45, 7) is 2.31. The van der Waals surface area contributed by atoms with Crippen LogP contribution in [0.1, 0.15) is 29.6 Å². The number of rotatable bonds is 2. The van der Waals surface area contributed by atoms with E-state index in [1.807, 2.05) is 0 Å². The predicted octanol–water partition coefficient (Wildman–Crippen LogP) is 1.82. The molecule has 0 aromatic heterocycles. The van der Waals surface area contributed by atoms with Crippen LogP contribution in [-0.2, 0) is 9.53 Å². The van der Waals surface area contributed by atoms with Gasteiger partial charge in [0, 0.05) is 19.6 Å². The molecule has 0 spiro atoms. The molecule has 1 atom stereocenters. The fourth-order valence-corrected chi connectivity index (χ4v) is 3.24. The minimum Gasteiger partial charge on any atom is -0.378 e. The molecule has 130 valence electrons. The lowest BCUT2D eigenvalue weighted by molar-refractivity contribution is -0.141. The molecule has 5 nitrogen and oxygen atoms in total. The van der Waals surface area contributed by atoms with Crippen molar-refractivity contribution in [2.24, 2.45) is 0 Å². The topological polar surface area (TPSA) is 49.9 Å². The average Bonchev–Trinajstić information content (AvgIpc) is 2.63. The standard InChI is InChI=1S/C17H20F2N2O3/c18-12-4-5-14(19)13(11-12)16(22)21-6-2-1-3-15(21)17(23)20-7-9-24-10-8-20/h4-5,11,15H,1-3,6-10H2/t15-/m0/s1. The molecule has 2 aliphatic rings. The smallest absolute Gasteiger partial charge is 0.257 e. The second kappa shape index (κ2) is 7.25. The Kier molecular flexibility index (Phi) is 5.08. The van der Waals surface area contributed by atoms with Crippen LogP contribution in [0.3, 0.4) is 0 Å². The van der Waals surface area contributed by atoms with E-state index in [1.54, 1.807) is 4.90 Å². The maximum Gasteiger partial charge on any atom is 0.257 e. The first-order valence-electron chi connectivity index (χ1n) is 8.20. The van der Waals surface area contributed by atoms with Crippen LogP contribution in [0.25, 0.3) is 0 Å². The van der Waals surface area contributed by atoms with Crippen LogP contribution in [0, 0.1) is 11.6 Å². The van der Waals surface area contributed by atoms with Crippen molar-refractivity contribution in [3.63, 3.8) is 0 Å². The molecule has 0 saturated carbocycles. The van der Waals surface area contributed by atoms with E-state index in [9.17, 15) is 18.4 Å². The number of piperidine rings is 1. The normalized spacial score (nSPS) is 21.7. The summed E-state index contributed by atoms with van der Waals surface area (Å²) >= 11 is 0. The largest absolute Gasteiger partial charge is 0.378 e. The number of halogens is 2. The molecule has 2 amide bonds. The molecule has 2 heterocycles. The molecule has 1 aromatic carbocycles. The highest BCUT2D eigenvalue weighted by atomic mass is 19.1. The molecule has 0 radical (unpaired) electrons. The van der Waals surface area contributed by atoms with Crippen LogP contribution in [0.2, 0.25) is 0 Å². The summed E-state index contributed by atoms with van der Waals surface area (Å²) in [4.78, 5) is 28.5. The number of hydrogen-bond acceptors (Lipinski definition) is 3. The second-order valence-corrected chi connectivity index (χ2v) is 6.07. The minimum absolute atomic E-state index is 0.136. The number of nitrogens with zero attached hydrogens (tertiary/aromatic N) is 2. The van der Waals surface area contributed by atoms with E-state index >= 15 is 0 Å². The summed E-state index contributed by atoms with van der Waals surface area (Å²) in [5, 5.41) is 0. The SMILES string of the molecule is O=C([C@@H]1CCCCN1C(=O)c1cc(F)ccc1F)N1CCOCC1. The van der Waals surface area contributed by atoms with Gasteiger partial charge in [0.2, 0.25) is 5.91 Å². The Morgan fingerprint density at radius 3 is 2.58 bits per heavy atom. The van der Waals surface area contributed by atoms with Crippen LogP contribution in [0.15, 0.2) is 18.2 Å². The van der Waals surface area contributed by atoms with Gasteiger partial charge >= 0.3 is 0 Å². The van der Waals surface area contributed by atoms with Crippen LogP contribution >= 0.6 is 0 Å². The molecule has 2 aliphatic heterocycles. The Balaban J connectivity index is 1.82. The highest BCUT2D eigenvalue weighted by molar-refractivity contribution is 5.98. The molecule has 0 unspecified atom stereocenters. The van der Waals surface area contributed by atoms with Crippen molar-refractivity contribution in [3.05, 3.63) is 35.4 Å². The Morgan fingerprint density at radius 2 is 1.83 bits per heavy atom. The molecule has 3 rings (SSSR count). The van der Waals surface area contributed by atoms with E-state index in [4.69, 9.17) is 4.74 Å². The molecule has 2 fully saturated rings. The van der Waals surface area contributed by atoms with Gasteiger partial charge in [0.15, 0.2) is 0 Å². The highest BCUT2D eigenvalue weighted by Crippen LogP contribution is 2.23. The van der Waals surface area contributed by atoms with Crippen molar-refractivity contribution in [1.82, 2.24) is 9.80 Å². The Labute approximate surface area is 139 Å². The zero-order chi connectivity index (χ0) is 17.1. The van der Waals surface area contributed by atoms with E-state index in [0.717, 1.165) is 31.0 Å². The molecular formula is C17H20F2N2O3. The Bertz CT molecular complexity index is 632. The van der Waals surface area contributed by atoms with Gasteiger partial charge in [-0.3, -0.25) is 9.59 Å². The summed E-state index contributed by atoms with van der Waals surface area (Å²) in [5.74, 6) is -2.21. The molecule has 2 saturated heterocycles. The predicted molar refractivity (Wildman–Crippen MR) is 82.4 cm³/mol. The van der Waals surface area contributed by atoms with Crippen molar-refractivity contribution in [2.45, 2.75) is 25.3 Å². The summed E-state index contributed by atoms with van der Waals surface area (Å²) in [7, 11) is 0. The van der Waals surface area contributed by atoms with Gasteiger partial charge in [-0.25, -0.2) is 8.78 Å². The third kappa shape index (κ3) is 3.40. The maximum absolute atomic E-state index is 13.9. The van der Waals surface area contributed by atoms with E-state index in [-0.39, 0.29) is 11.5 Å². The summed E-state index contributed by atoms with van der Waals surface area (Å²) < 4.78 is 32.6. The number of carbonyl (C=O) groups excluding carboxylic acids is 2. The Hall–Kier alpha value is -2.02. The lowest BCUT2D eigenvalue weighted by Crippen LogP contribution is -2.55. The lowest BCUT2D eigenvalue weighted by atomic mass is 9.99. The van der Waals surface area contributed by atoms with Crippen molar-refractivity contribution in [1.29, 1.82) is 0 Å². The first-order valence-corrected chi connectivity index (χ1v) is 8.20. The molecule has 1 aromatic rings. The van der Waals surface area contributed by atoms with Gasteiger partial charge < -0.3 is 14.5 Å². The number of benzene rings is 1. The first kappa shape index (κ1) is 16.8. The fourth-order valence-electron chi connectivity index (χ4n) is 3.24. The van der Waals surface area contributed by atoms with Crippen LogP contribution < -0.4 is 0 Å². The van der Waals surface area contributed by atoms with Crippen LogP contribution in [0.5, 0.6) is 0 Å². The van der Waals surface area contributed by atoms with E-state index < -0.39 is 23.6 Å². The van der Waals surface area contributed by atoms with Gasteiger partial charge in [-0.05, 0) is 37.5 Å². The number of ether oxygens (including phenoxy) is 1. The lowest BCUT2D eigenvalue weighted by Gasteiger charge is -2.38.